The lowest BCUT2D eigenvalue weighted by Crippen LogP contribution is -2.60. The van der Waals surface area contributed by atoms with E-state index in [1.165, 1.54) is 96.3 Å². The van der Waals surface area contributed by atoms with E-state index in [2.05, 4.69) is 43.5 Å². The Balaban J connectivity index is 2.50. The lowest BCUT2D eigenvalue weighted by Gasteiger charge is -2.40. The van der Waals surface area contributed by atoms with Crippen molar-refractivity contribution in [2.75, 3.05) is 13.2 Å². The van der Waals surface area contributed by atoms with Gasteiger partial charge in [0, 0.05) is 0 Å². The molecule has 7 N–H and O–H groups in total. The van der Waals surface area contributed by atoms with Gasteiger partial charge in [-0.15, -0.1) is 0 Å². The summed E-state index contributed by atoms with van der Waals surface area (Å²) in [5.41, 5.74) is 0. The van der Waals surface area contributed by atoms with E-state index in [1.807, 2.05) is 6.08 Å². The molecule has 0 bridgehead atoms. The van der Waals surface area contributed by atoms with Crippen molar-refractivity contribution >= 4 is 5.91 Å². The molecule has 8 unspecified atom stereocenters. The minimum absolute atomic E-state index is 0.303. The Morgan fingerprint density at radius 1 is 0.630 bits per heavy atom. The number of amides is 1. The molecule has 0 saturated carbocycles. The Morgan fingerprint density at radius 2 is 1.09 bits per heavy atom. The molecule has 0 aliphatic carbocycles. The largest absolute Gasteiger partial charge is 0.394 e. The molecule has 0 aromatic heterocycles. The normalized spacial score (nSPS) is 22.4. The third kappa shape index (κ3) is 24.8. The SMILES string of the molecule is CCCCCCC/C=C/CC/C=C/CC/C=C/C(O)C(COC1OC(CO)C(O)C(O)C1O)NC(=O)C(O)CCCCCCCCCCCCCCCC. The van der Waals surface area contributed by atoms with Crippen molar-refractivity contribution in [1.29, 1.82) is 0 Å². The maximum atomic E-state index is 13.0. The van der Waals surface area contributed by atoms with Crippen molar-refractivity contribution in [3.63, 3.8) is 0 Å². The monoisotopic (exact) mass is 768 g/mol. The zero-order valence-electron chi connectivity index (χ0n) is 34.1. The first kappa shape index (κ1) is 50.4. The molecule has 1 amide bonds. The fourth-order valence-corrected chi connectivity index (χ4v) is 6.66. The number of ether oxygens (including phenoxy) is 2. The summed E-state index contributed by atoms with van der Waals surface area (Å²) in [7, 11) is 0. The Labute approximate surface area is 328 Å². The number of carbonyl (C=O) groups excluding carboxylic acids is 1. The van der Waals surface area contributed by atoms with Crippen molar-refractivity contribution in [1.82, 2.24) is 5.32 Å². The van der Waals surface area contributed by atoms with E-state index in [0.717, 1.165) is 44.9 Å². The molecular formula is C44H81NO9. The molecule has 1 rings (SSSR count). The third-order valence-electron chi connectivity index (χ3n) is 10.3. The van der Waals surface area contributed by atoms with Gasteiger partial charge in [0.15, 0.2) is 6.29 Å². The van der Waals surface area contributed by atoms with Crippen molar-refractivity contribution in [3.05, 3.63) is 36.5 Å². The first-order chi connectivity index (χ1) is 26.3. The summed E-state index contributed by atoms with van der Waals surface area (Å²) in [4.78, 5) is 13.0. The number of allylic oxidation sites excluding steroid dienone is 5. The quantitative estimate of drug-likeness (QED) is 0.0256. The van der Waals surface area contributed by atoms with Crippen molar-refractivity contribution in [2.45, 2.75) is 223 Å². The number of nitrogens with one attached hydrogen (secondary N) is 1. The van der Waals surface area contributed by atoms with E-state index in [9.17, 15) is 35.4 Å². The van der Waals surface area contributed by atoms with Crippen molar-refractivity contribution in [2.24, 2.45) is 0 Å². The predicted molar refractivity (Wildman–Crippen MR) is 218 cm³/mol. The fourth-order valence-electron chi connectivity index (χ4n) is 6.66. The molecule has 1 heterocycles. The van der Waals surface area contributed by atoms with Gasteiger partial charge in [0.05, 0.1) is 25.4 Å². The van der Waals surface area contributed by atoms with Gasteiger partial charge >= 0.3 is 0 Å². The molecular weight excluding hydrogens is 686 g/mol. The van der Waals surface area contributed by atoms with Crippen molar-refractivity contribution < 1.29 is 44.9 Å². The molecule has 0 spiro atoms. The Bertz CT molecular complexity index is 958. The van der Waals surface area contributed by atoms with Gasteiger partial charge < -0.3 is 45.4 Å². The molecule has 0 aromatic carbocycles. The first-order valence-corrected chi connectivity index (χ1v) is 21.8. The summed E-state index contributed by atoms with van der Waals surface area (Å²) in [5.74, 6) is -0.631. The summed E-state index contributed by atoms with van der Waals surface area (Å²) in [6.07, 6.45) is 30.8. The van der Waals surface area contributed by atoms with Gasteiger partial charge in [0.25, 0.3) is 0 Å². The molecule has 1 aliphatic heterocycles. The van der Waals surface area contributed by atoms with Crippen molar-refractivity contribution in [3.8, 4) is 0 Å². The highest BCUT2D eigenvalue weighted by Gasteiger charge is 2.44. The van der Waals surface area contributed by atoms with E-state index in [0.29, 0.717) is 19.3 Å². The van der Waals surface area contributed by atoms with Gasteiger partial charge in [-0.25, -0.2) is 0 Å². The average Bonchev–Trinajstić information content (AvgIpc) is 3.17. The van der Waals surface area contributed by atoms with Gasteiger partial charge in [-0.05, 0) is 44.9 Å². The zero-order valence-corrected chi connectivity index (χ0v) is 34.1. The van der Waals surface area contributed by atoms with E-state index in [1.54, 1.807) is 6.08 Å². The van der Waals surface area contributed by atoms with Crippen LogP contribution in [0.5, 0.6) is 0 Å². The van der Waals surface area contributed by atoms with Crippen LogP contribution < -0.4 is 5.32 Å². The van der Waals surface area contributed by atoms with Crippen LogP contribution in [0.25, 0.3) is 0 Å². The molecule has 8 atom stereocenters. The van der Waals surface area contributed by atoms with Crippen LogP contribution in [0.1, 0.15) is 174 Å². The van der Waals surface area contributed by atoms with Crippen LogP contribution >= 0.6 is 0 Å². The minimum Gasteiger partial charge on any atom is -0.394 e. The first-order valence-electron chi connectivity index (χ1n) is 21.8. The summed E-state index contributed by atoms with van der Waals surface area (Å²) >= 11 is 0. The van der Waals surface area contributed by atoms with Crippen LogP contribution in [0.15, 0.2) is 36.5 Å². The standard InChI is InChI=1S/C44H81NO9/c1-3-5-7-9-11-13-15-17-19-21-22-24-26-28-30-32-37(47)36(35-53-44-42(51)41(50)40(49)39(34-46)54-44)45-43(52)38(48)33-31-29-27-25-23-20-18-16-14-12-10-8-6-4-2/h15,17,22,24,30,32,36-42,44,46-51H,3-14,16,18-21,23,25-29,31,33-35H2,1-2H3,(H,45,52)/b17-15+,24-22+,32-30+. The second-order valence-electron chi connectivity index (χ2n) is 15.3. The highest BCUT2D eigenvalue weighted by atomic mass is 16.7. The Morgan fingerprint density at radius 3 is 1.61 bits per heavy atom. The summed E-state index contributed by atoms with van der Waals surface area (Å²) in [6, 6.07) is -0.999. The maximum absolute atomic E-state index is 13.0. The predicted octanol–water partition coefficient (Wildman–Crippen LogP) is 7.47. The number of hydrogen-bond acceptors (Lipinski definition) is 9. The van der Waals surface area contributed by atoms with E-state index >= 15 is 0 Å². The lowest BCUT2D eigenvalue weighted by molar-refractivity contribution is -0.302. The second kappa shape index (κ2) is 34.6. The number of hydrogen-bond donors (Lipinski definition) is 7. The number of aliphatic hydroxyl groups excluding tert-OH is 6. The molecule has 1 saturated heterocycles. The number of rotatable bonds is 35. The molecule has 1 aliphatic rings. The summed E-state index contributed by atoms with van der Waals surface area (Å²) in [5, 5.41) is 64.5. The molecule has 10 nitrogen and oxygen atoms in total. The van der Waals surface area contributed by atoms with Crippen LogP contribution in [0.2, 0.25) is 0 Å². The lowest BCUT2D eigenvalue weighted by atomic mass is 9.99. The Hall–Kier alpha value is -1.63. The number of carbonyl (C=O) groups is 1. The van der Waals surface area contributed by atoms with Crippen LogP contribution in [0.3, 0.4) is 0 Å². The van der Waals surface area contributed by atoms with Gasteiger partial charge in [-0.3, -0.25) is 4.79 Å². The van der Waals surface area contributed by atoms with Crippen LogP contribution in [0, 0.1) is 0 Å². The van der Waals surface area contributed by atoms with Gasteiger partial charge in [-0.1, -0.05) is 166 Å². The van der Waals surface area contributed by atoms with E-state index in [-0.39, 0.29) is 6.61 Å². The van der Waals surface area contributed by atoms with E-state index < -0.39 is 61.5 Å². The van der Waals surface area contributed by atoms with Gasteiger partial charge in [0.1, 0.15) is 30.5 Å². The third-order valence-corrected chi connectivity index (χ3v) is 10.3. The van der Waals surface area contributed by atoms with Crippen LogP contribution in [0.4, 0.5) is 0 Å². The topological polar surface area (TPSA) is 169 Å². The van der Waals surface area contributed by atoms with Crippen LogP contribution in [-0.4, -0.2) is 98.7 Å². The molecule has 1 fully saturated rings. The number of aliphatic hydroxyl groups is 6. The maximum Gasteiger partial charge on any atom is 0.249 e. The molecule has 0 radical (unpaired) electrons. The molecule has 54 heavy (non-hydrogen) atoms. The second-order valence-corrected chi connectivity index (χ2v) is 15.3. The van der Waals surface area contributed by atoms with Gasteiger partial charge in [-0.2, -0.15) is 0 Å². The highest BCUT2D eigenvalue weighted by molar-refractivity contribution is 5.80. The zero-order chi connectivity index (χ0) is 39.7. The molecule has 316 valence electrons. The highest BCUT2D eigenvalue weighted by Crippen LogP contribution is 2.22. The molecule has 10 heteroatoms. The van der Waals surface area contributed by atoms with Crippen LogP contribution in [-0.2, 0) is 14.3 Å². The van der Waals surface area contributed by atoms with Gasteiger partial charge in [0.2, 0.25) is 5.91 Å². The average molecular weight is 768 g/mol. The molecule has 0 aromatic rings. The number of unbranched alkanes of at least 4 members (excludes halogenated alkanes) is 20. The fraction of sp³-hybridized carbons (Fsp3) is 0.841. The summed E-state index contributed by atoms with van der Waals surface area (Å²) < 4.78 is 11.1. The Kier molecular flexibility index (Phi) is 32.3. The smallest absolute Gasteiger partial charge is 0.249 e. The summed E-state index contributed by atoms with van der Waals surface area (Å²) in [6.45, 7) is 3.55. The minimum atomic E-state index is -1.62. The van der Waals surface area contributed by atoms with E-state index in [4.69, 9.17) is 9.47 Å².